The van der Waals surface area contributed by atoms with Crippen molar-refractivity contribution < 1.29 is 4.74 Å². The molecule has 0 aromatic heterocycles. The molecular formula is C16H23NOS. The van der Waals surface area contributed by atoms with Crippen molar-refractivity contribution >= 4 is 11.8 Å². The van der Waals surface area contributed by atoms with Crippen LogP contribution >= 0.6 is 11.8 Å². The van der Waals surface area contributed by atoms with Crippen LogP contribution in [0.2, 0.25) is 0 Å². The number of nitrogens with one attached hydrogen (secondary N) is 1. The zero-order valence-electron chi connectivity index (χ0n) is 11.4. The lowest BCUT2D eigenvalue weighted by molar-refractivity contribution is 0.117. The van der Waals surface area contributed by atoms with Crippen LogP contribution in [-0.4, -0.2) is 31.6 Å². The highest BCUT2D eigenvalue weighted by Crippen LogP contribution is 2.36. The SMILES string of the molecule is c1ccc2c(c1)CC(COCCC1CCCNC1)S2. The Kier molecular flexibility index (Phi) is 4.81. The molecule has 19 heavy (non-hydrogen) atoms. The second-order valence-corrected chi connectivity index (χ2v) is 6.97. The average Bonchev–Trinajstić information content (AvgIpc) is 2.87. The van der Waals surface area contributed by atoms with Gasteiger partial charge < -0.3 is 10.1 Å². The Balaban J connectivity index is 1.33. The maximum absolute atomic E-state index is 5.90. The van der Waals surface area contributed by atoms with Gasteiger partial charge in [0, 0.05) is 16.8 Å². The van der Waals surface area contributed by atoms with E-state index in [2.05, 4.69) is 29.6 Å². The molecule has 2 nitrogen and oxygen atoms in total. The Morgan fingerprint density at radius 2 is 2.26 bits per heavy atom. The summed E-state index contributed by atoms with van der Waals surface area (Å²) in [6.45, 7) is 4.22. The molecule has 1 fully saturated rings. The molecule has 2 unspecified atom stereocenters. The van der Waals surface area contributed by atoms with E-state index >= 15 is 0 Å². The first-order valence-electron chi connectivity index (χ1n) is 7.45. The van der Waals surface area contributed by atoms with Crippen molar-refractivity contribution in [2.75, 3.05) is 26.3 Å². The van der Waals surface area contributed by atoms with Crippen molar-refractivity contribution in [2.24, 2.45) is 5.92 Å². The van der Waals surface area contributed by atoms with Crippen LogP contribution in [0, 0.1) is 5.92 Å². The standard InChI is InChI=1S/C16H23NOS/c1-2-6-16-14(5-1)10-15(19-16)12-18-9-7-13-4-3-8-17-11-13/h1-2,5-6,13,15,17H,3-4,7-12H2. The molecule has 0 aliphatic carbocycles. The Morgan fingerprint density at radius 1 is 1.32 bits per heavy atom. The number of thioether (sulfide) groups is 1. The lowest BCUT2D eigenvalue weighted by Crippen LogP contribution is -2.30. The van der Waals surface area contributed by atoms with E-state index < -0.39 is 0 Å². The van der Waals surface area contributed by atoms with Crippen molar-refractivity contribution in [2.45, 2.75) is 35.8 Å². The number of hydrogen-bond acceptors (Lipinski definition) is 3. The highest BCUT2D eigenvalue weighted by molar-refractivity contribution is 8.00. The second-order valence-electron chi connectivity index (χ2n) is 5.63. The van der Waals surface area contributed by atoms with Gasteiger partial charge in [-0.2, -0.15) is 0 Å². The zero-order chi connectivity index (χ0) is 12.9. The Morgan fingerprint density at radius 3 is 3.11 bits per heavy atom. The van der Waals surface area contributed by atoms with Gasteiger partial charge in [-0.25, -0.2) is 0 Å². The van der Waals surface area contributed by atoms with Gasteiger partial charge in [-0.15, -0.1) is 11.8 Å². The van der Waals surface area contributed by atoms with E-state index in [-0.39, 0.29) is 0 Å². The summed E-state index contributed by atoms with van der Waals surface area (Å²) in [7, 11) is 0. The fourth-order valence-electron chi connectivity index (χ4n) is 2.98. The second kappa shape index (κ2) is 6.78. The largest absolute Gasteiger partial charge is 0.380 e. The first kappa shape index (κ1) is 13.5. The predicted octanol–water partition coefficient (Wildman–Crippen LogP) is 3.11. The number of rotatable bonds is 5. The molecule has 0 amide bonds. The smallest absolute Gasteiger partial charge is 0.0591 e. The molecule has 0 bridgehead atoms. The summed E-state index contributed by atoms with van der Waals surface area (Å²) in [4.78, 5) is 1.45. The summed E-state index contributed by atoms with van der Waals surface area (Å²) in [5.41, 5.74) is 1.50. The summed E-state index contributed by atoms with van der Waals surface area (Å²) in [6.07, 6.45) is 5.10. The highest BCUT2D eigenvalue weighted by atomic mass is 32.2. The van der Waals surface area contributed by atoms with Crippen molar-refractivity contribution in [1.29, 1.82) is 0 Å². The summed E-state index contributed by atoms with van der Waals surface area (Å²) in [5.74, 6) is 0.835. The van der Waals surface area contributed by atoms with E-state index in [1.54, 1.807) is 0 Å². The van der Waals surface area contributed by atoms with E-state index in [0.29, 0.717) is 5.25 Å². The highest BCUT2D eigenvalue weighted by Gasteiger charge is 2.21. The van der Waals surface area contributed by atoms with Crippen molar-refractivity contribution in [1.82, 2.24) is 5.32 Å². The molecule has 1 saturated heterocycles. The molecule has 2 aliphatic heterocycles. The Labute approximate surface area is 120 Å². The minimum Gasteiger partial charge on any atom is -0.380 e. The van der Waals surface area contributed by atoms with E-state index in [1.807, 2.05) is 11.8 Å². The molecule has 0 saturated carbocycles. The Bertz CT molecular complexity index is 378. The van der Waals surface area contributed by atoms with Crippen LogP contribution in [0.3, 0.4) is 0 Å². The van der Waals surface area contributed by atoms with Crippen LogP contribution < -0.4 is 5.32 Å². The van der Waals surface area contributed by atoms with Crippen LogP contribution in [0.5, 0.6) is 0 Å². The van der Waals surface area contributed by atoms with Crippen LogP contribution in [0.15, 0.2) is 29.2 Å². The average molecular weight is 277 g/mol. The normalized spacial score (nSPS) is 26.3. The molecule has 3 rings (SSSR count). The molecule has 2 heterocycles. The quantitative estimate of drug-likeness (QED) is 0.836. The molecule has 1 aromatic rings. The van der Waals surface area contributed by atoms with Crippen LogP contribution in [0.4, 0.5) is 0 Å². The maximum atomic E-state index is 5.90. The molecule has 2 atom stereocenters. The van der Waals surface area contributed by atoms with Crippen LogP contribution in [0.1, 0.15) is 24.8 Å². The van der Waals surface area contributed by atoms with Crippen molar-refractivity contribution in [3.63, 3.8) is 0 Å². The van der Waals surface area contributed by atoms with E-state index in [9.17, 15) is 0 Å². The number of benzene rings is 1. The molecule has 104 valence electrons. The van der Waals surface area contributed by atoms with Crippen molar-refractivity contribution in [3.8, 4) is 0 Å². The van der Waals surface area contributed by atoms with E-state index in [0.717, 1.165) is 19.1 Å². The molecule has 3 heteroatoms. The predicted molar refractivity (Wildman–Crippen MR) is 80.8 cm³/mol. The molecule has 0 radical (unpaired) electrons. The minimum absolute atomic E-state index is 0.627. The van der Waals surface area contributed by atoms with E-state index in [4.69, 9.17) is 4.74 Å². The molecule has 2 aliphatic rings. The Hall–Kier alpha value is -0.510. The number of fused-ring (bicyclic) bond motifs is 1. The van der Waals surface area contributed by atoms with Gasteiger partial charge in [0.1, 0.15) is 0 Å². The van der Waals surface area contributed by atoms with Gasteiger partial charge in [0.15, 0.2) is 0 Å². The van der Waals surface area contributed by atoms with Gasteiger partial charge in [-0.05, 0) is 56.3 Å². The summed E-state index contributed by atoms with van der Waals surface area (Å²) in [6, 6.07) is 8.74. The first-order valence-corrected chi connectivity index (χ1v) is 8.33. The minimum atomic E-state index is 0.627. The third-order valence-corrected chi connectivity index (χ3v) is 5.38. The van der Waals surface area contributed by atoms with Crippen LogP contribution in [-0.2, 0) is 11.2 Å². The summed E-state index contributed by atoms with van der Waals surface area (Å²) < 4.78 is 5.90. The number of piperidine rings is 1. The molecule has 0 spiro atoms. The van der Waals surface area contributed by atoms with Gasteiger partial charge in [0.25, 0.3) is 0 Å². The molecule has 1 aromatic carbocycles. The summed E-state index contributed by atoms with van der Waals surface area (Å²) >= 11 is 1.98. The fraction of sp³-hybridized carbons (Fsp3) is 0.625. The van der Waals surface area contributed by atoms with Gasteiger partial charge in [0.2, 0.25) is 0 Å². The van der Waals surface area contributed by atoms with Gasteiger partial charge in [0.05, 0.1) is 6.61 Å². The molecular weight excluding hydrogens is 254 g/mol. The fourth-order valence-corrected chi connectivity index (χ4v) is 4.23. The number of ether oxygens (including phenoxy) is 1. The van der Waals surface area contributed by atoms with E-state index in [1.165, 1.54) is 49.2 Å². The summed E-state index contributed by atoms with van der Waals surface area (Å²) in [5, 5.41) is 4.10. The van der Waals surface area contributed by atoms with Crippen molar-refractivity contribution in [3.05, 3.63) is 29.8 Å². The third-order valence-electron chi connectivity index (χ3n) is 4.09. The molecule has 1 N–H and O–H groups in total. The lowest BCUT2D eigenvalue weighted by atomic mass is 9.97. The lowest BCUT2D eigenvalue weighted by Gasteiger charge is -2.22. The third kappa shape index (κ3) is 3.74. The van der Waals surface area contributed by atoms with Crippen LogP contribution in [0.25, 0.3) is 0 Å². The van der Waals surface area contributed by atoms with Gasteiger partial charge >= 0.3 is 0 Å². The number of hydrogen-bond donors (Lipinski definition) is 1. The van der Waals surface area contributed by atoms with Gasteiger partial charge in [-0.1, -0.05) is 18.2 Å². The first-order chi connectivity index (χ1) is 9.42. The monoisotopic (exact) mass is 277 g/mol. The topological polar surface area (TPSA) is 21.3 Å². The maximum Gasteiger partial charge on any atom is 0.0591 e. The zero-order valence-corrected chi connectivity index (χ0v) is 12.3. The van der Waals surface area contributed by atoms with Gasteiger partial charge in [-0.3, -0.25) is 0 Å².